The van der Waals surface area contributed by atoms with Crippen LogP contribution in [0.3, 0.4) is 0 Å². The zero-order valence-electron chi connectivity index (χ0n) is 16.0. The maximum absolute atomic E-state index is 12.2. The Morgan fingerprint density at radius 3 is 2.58 bits per heavy atom. The predicted octanol–water partition coefficient (Wildman–Crippen LogP) is 5.17. The summed E-state index contributed by atoms with van der Waals surface area (Å²) in [5.74, 6) is 0.105. The van der Waals surface area contributed by atoms with Gasteiger partial charge in [-0.05, 0) is 42.0 Å². The SMILES string of the molecule is O=C1OC(c2ccc([N+](=O)[O-])cc2)=NC1=Cc1cccc(OCc2ccccc2Cl)c1. The number of carbonyl (C=O) groups excluding carboxylic acids is 1. The van der Waals surface area contributed by atoms with Crippen molar-refractivity contribution in [2.24, 2.45) is 4.99 Å². The van der Waals surface area contributed by atoms with Gasteiger partial charge in [-0.1, -0.05) is 41.9 Å². The summed E-state index contributed by atoms with van der Waals surface area (Å²) in [5, 5.41) is 11.4. The minimum Gasteiger partial charge on any atom is -0.489 e. The lowest BCUT2D eigenvalue weighted by Crippen LogP contribution is -2.05. The molecule has 0 saturated heterocycles. The van der Waals surface area contributed by atoms with E-state index in [2.05, 4.69) is 4.99 Å². The Balaban J connectivity index is 1.51. The molecule has 0 radical (unpaired) electrons. The Morgan fingerprint density at radius 2 is 1.84 bits per heavy atom. The standard InChI is InChI=1S/C23H15ClN2O5/c24-20-7-2-1-5-17(20)14-30-19-6-3-4-15(12-19)13-21-23(27)31-22(25-21)16-8-10-18(11-9-16)26(28)29/h1-13H,14H2. The van der Waals surface area contributed by atoms with Crippen LogP contribution in [0.5, 0.6) is 5.75 Å². The molecule has 3 aromatic rings. The van der Waals surface area contributed by atoms with Crippen molar-refractivity contribution in [3.05, 3.63) is 110 Å². The number of cyclic esters (lactones) is 1. The number of esters is 1. The van der Waals surface area contributed by atoms with Gasteiger partial charge >= 0.3 is 5.97 Å². The molecular formula is C23H15ClN2O5. The van der Waals surface area contributed by atoms with E-state index in [1.165, 1.54) is 24.3 Å². The Bertz CT molecular complexity index is 1220. The molecule has 0 bridgehead atoms. The minimum absolute atomic E-state index is 0.0574. The average molecular weight is 435 g/mol. The summed E-state index contributed by atoms with van der Waals surface area (Å²) in [6.07, 6.45) is 1.59. The van der Waals surface area contributed by atoms with Crippen LogP contribution < -0.4 is 4.74 Å². The third-order valence-corrected chi connectivity index (χ3v) is 4.83. The first kappa shape index (κ1) is 20.3. The Morgan fingerprint density at radius 1 is 1.06 bits per heavy atom. The van der Waals surface area contributed by atoms with Crippen molar-refractivity contribution in [1.82, 2.24) is 0 Å². The van der Waals surface area contributed by atoms with E-state index in [0.717, 1.165) is 5.56 Å². The Hall–Kier alpha value is -3.97. The molecule has 0 aliphatic carbocycles. The summed E-state index contributed by atoms with van der Waals surface area (Å²) in [7, 11) is 0. The zero-order chi connectivity index (χ0) is 21.8. The molecule has 7 nitrogen and oxygen atoms in total. The summed E-state index contributed by atoms with van der Waals surface area (Å²) in [4.78, 5) is 26.7. The molecule has 0 N–H and O–H groups in total. The fourth-order valence-electron chi connectivity index (χ4n) is 2.89. The molecule has 1 heterocycles. The van der Waals surface area contributed by atoms with E-state index in [4.69, 9.17) is 21.1 Å². The molecule has 0 unspecified atom stereocenters. The van der Waals surface area contributed by atoms with E-state index in [1.54, 1.807) is 30.3 Å². The van der Waals surface area contributed by atoms with Crippen molar-refractivity contribution in [3.63, 3.8) is 0 Å². The molecule has 8 heteroatoms. The highest BCUT2D eigenvalue weighted by molar-refractivity contribution is 6.31. The lowest BCUT2D eigenvalue weighted by atomic mass is 10.2. The first-order valence-electron chi connectivity index (χ1n) is 9.23. The van der Waals surface area contributed by atoms with Gasteiger partial charge in [-0.25, -0.2) is 9.79 Å². The van der Waals surface area contributed by atoms with Gasteiger partial charge in [0.2, 0.25) is 5.90 Å². The largest absolute Gasteiger partial charge is 0.489 e. The monoisotopic (exact) mass is 434 g/mol. The second-order valence-corrected chi connectivity index (χ2v) is 7.00. The second-order valence-electron chi connectivity index (χ2n) is 6.59. The number of aliphatic imine (C=N–C) groups is 1. The van der Waals surface area contributed by atoms with Crippen LogP contribution in [0.2, 0.25) is 5.02 Å². The van der Waals surface area contributed by atoms with Gasteiger partial charge in [-0.2, -0.15) is 0 Å². The van der Waals surface area contributed by atoms with E-state index in [1.807, 2.05) is 24.3 Å². The molecule has 0 fully saturated rings. The third-order valence-electron chi connectivity index (χ3n) is 4.46. The number of rotatable bonds is 6. The van der Waals surface area contributed by atoms with Gasteiger partial charge in [-0.3, -0.25) is 10.1 Å². The topological polar surface area (TPSA) is 91.0 Å². The Labute approximate surface area is 182 Å². The van der Waals surface area contributed by atoms with Gasteiger partial charge < -0.3 is 9.47 Å². The van der Waals surface area contributed by atoms with Crippen molar-refractivity contribution in [2.45, 2.75) is 6.61 Å². The molecule has 0 aromatic heterocycles. The van der Waals surface area contributed by atoms with Crippen LogP contribution in [-0.2, 0) is 16.1 Å². The first-order chi connectivity index (χ1) is 15.0. The van der Waals surface area contributed by atoms with E-state index >= 15 is 0 Å². The van der Waals surface area contributed by atoms with Crippen molar-refractivity contribution in [1.29, 1.82) is 0 Å². The van der Waals surface area contributed by atoms with E-state index in [0.29, 0.717) is 28.5 Å². The number of halogens is 1. The maximum atomic E-state index is 12.2. The van der Waals surface area contributed by atoms with Gasteiger partial charge in [-0.15, -0.1) is 0 Å². The van der Waals surface area contributed by atoms with Crippen LogP contribution in [0.4, 0.5) is 5.69 Å². The number of benzene rings is 3. The van der Waals surface area contributed by atoms with Gasteiger partial charge in [0, 0.05) is 28.3 Å². The van der Waals surface area contributed by atoms with E-state index in [-0.39, 0.29) is 17.3 Å². The molecule has 0 saturated carbocycles. The molecule has 3 aromatic carbocycles. The van der Waals surface area contributed by atoms with Gasteiger partial charge in [0.1, 0.15) is 12.4 Å². The third kappa shape index (κ3) is 4.79. The van der Waals surface area contributed by atoms with Crippen LogP contribution in [0.1, 0.15) is 16.7 Å². The van der Waals surface area contributed by atoms with E-state index < -0.39 is 10.9 Å². The lowest BCUT2D eigenvalue weighted by molar-refractivity contribution is -0.384. The molecular weight excluding hydrogens is 420 g/mol. The summed E-state index contributed by atoms with van der Waals surface area (Å²) < 4.78 is 11.0. The number of hydrogen-bond donors (Lipinski definition) is 0. The van der Waals surface area contributed by atoms with E-state index in [9.17, 15) is 14.9 Å². The van der Waals surface area contributed by atoms with Gasteiger partial charge in [0.15, 0.2) is 5.70 Å². The molecule has 31 heavy (non-hydrogen) atoms. The molecule has 4 rings (SSSR count). The average Bonchev–Trinajstić information content (AvgIpc) is 3.13. The van der Waals surface area contributed by atoms with Crippen LogP contribution in [0, 0.1) is 10.1 Å². The molecule has 0 atom stereocenters. The summed E-state index contributed by atoms with van der Waals surface area (Å²) in [6, 6.07) is 20.2. The van der Waals surface area contributed by atoms with Gasteiger partial charge in [0.05, 0.1) is 4.92 Å². The molecule has 154 valence electrons. The van der Waals surface area contributed by atoms with Crippen molar-refractivity contribution in [3.8, 4) is 5.75 Å². The second kappa shape index (κ2) is 8.81. The molecule has 0 spiro atoms. The number of non-ortho nitro benzene ring substituents is 1. The molecule has 1 aliphatic rings. The normalized spacial score (nSPS) is 14.3. The summed E-state index contributed by atoms with van der Waals surface area (Å²) in [6.45, 7) is 0.310. The number of carbonyl (C=O) groups is 1. The quantitative estimate of drug-likeness (QED) is 0.231. The summed E-state index contributed by atoms with van der Waals surface area (Å²) in [5.41, 5.74) is 2.11. The van der Waals surface area contributed by atoms with Crippen molar-refractivity contribution >= 4 is 35.2 Å². The number of nitro groups is 1. The number of nitro benzene ring substituents is 1. The summed E-state index contributed by atoms with van der Waals surface area (Å²) >= 11 is 6.15. The molecule has 1 aliphatic heterocycles. The Kier molecular flexibility index (Phi) is 5.77. The van der Waals surface area contributed by atoms with Crippen LogP contribution >= 0.6 is 11.6 Å². The molecule has 0 amide bonds. The zero-order valence-corrected chi connectivity index (χ0v) is 16.8. The van der Waals surface area contributed by atoms with Crippen LogP contribution in [0.25, 0.3) is 6.08 Å². The fourth-order valence-corrected chi connectivity index (χ4v) is 3.08. The number of ether oxygens (including phenoxy) is 2. The number of nitrogens with zero attached hydrogens (tertiary/aromatic N) is 2. The minimum atomic E-state index is -0.601. The van der Waals surface area contributed by atoms with Gasteiger partial charge in [0.25, 0.3) is 5.69 Å². The maximum Gasteiger partial charge on any atom is 0.363 e. The highest BCUT2D eigenvalue weighted by Gasteiger charge is 2.24. The van der Waals surface area contributed by atoms with Crippen LogP contribution in [0.15, 0.2) is 83.5 Å². The van der Waals surface area contributed by atoms with Crippen LogP contribution in [-0.4, -0.2) is 16.8 Å². The first-order valence-corrected chi connectivity index (χ1v) is 9.61. The van der Waals surface area contributed by atoms with Crippen molar-refractivity contribution < 1.29 is 19.2 Å². The fraction of sp³-hybridized carbons (Fsp3) is 0.0435. The number of hydrogen-bond acceptors (Lipinski definition) is 6. The smallest absolute Gasteiger partial charge is 0.363 e. The predicted molar refractivity (Wildman–Crippen MR) is 116 cm³/mol. The van der Waals surface area contributed by atoms with Crippen molar-refractivity contribution in [2.75, 3.05) is 0 Å². The highest BCUT2D eigenvalue weighted by Crippen LogP contribution is 2.23. The highest BCUT2D eigenvalue weighted by atomic mass is 35.5. The lowest BCUT2D eigenvalue weighted by Gasteiger charge is -2.08.